The molecule has 0 fully saturated rings. The number of alkyl halides is 6. The zero-order valence-corrected chi connectivity index (χ0v) is 15.6. The Bertz CT molecular complexity index is 400. The molecule has 0 rings (SSSR count). The van der Waals surface area contributed by atoms with E-state index in [9.17, 15) is 0 Å². The van der Waals surface area contributed by atoms with Gasteiger partial charge in [0.05, 0.1) is 0 Å². The molecule has 0 bridgehead atoms. The van der Waals surface area contributed by atoms with Crippen molar-refractivity contribution in [1.29, 1.82) is 10.8 Å². The van der Waals surface area contributed by atoms with Gasteiger partial charge in [0.15, 0.2) is 0 Å². The molecule has 0 spiro atoms. The average Bonchev–Trinajstić information content (AvgIpc) is 2.29. The standard InChI is InChI=1S/C11H14Cl6N2O2/c1-6(2)7(21-9(19)11(15,16)17)4-3-5-20-8(18)10(12,13)14/h3-4,6-7,18-19H,5H2,1-2H3/b4-3+,18-8?,19-9?. The van der Waals surface area contributed by atoms with Crippen LogP contribution >= 0.6 is 69.6 Å². The lowest BCUT2D eigenvalue weighted by atomic mass is 10.1. The van der Waals surface area contributed by atoms with Gasteiger partial charge in [-0.3, -0.25) is 10.8 Å². The van der Waals surface area contributed by atoms with Crippen molar-refractivity contribution in [3.63, 3.8) is 0 Å². The van der Waals surface area contributed by atoms with E-state index in [1.807, 2.05) is 13.8 Å². The summed E-state index contributed by atoms with van der Waals surface area (Å²) in [7, 11) is 0. The van der Waals surface area contributed by atoms with E-state index in [0.29, 0.717) is 0 Å². The number of hydrogen-bond acceptors (Lipinski definition) is 4. The van der Waals surface area contributed by atoms with Gasteiger partial charge in [0.1, 0.15) is 12.7 Å². The van der Waals surface area contributed by atoms with Crippen LogP contribution in [0.25, 0.3) is 0 Å². The van der Waals surface area contributed by atoms with Crippen LogP contribution in [0.4, 0.5) is 0 Å². The van der Waals surface area contributed by atoms with Crippen LogP contribution in [0.1, 0.15) is 13.8 Å². The summed E-state index contributed by atoms with van der Waals surface area (Å²) >= 11 is 33.0. The van der Waals surface area contributed by atoms with Crippen molar-refractivity contribution < 1.29 is 9.47 Å². The van der Waals surface area contributed by atoms with E-state index in [2.05, 4.69) is 0 Å². The minimum absolute atomic E-state index is 0.000421. The third-order valence-corrected chi connectivity index (χ3v) is 3.11. The van der Waals surface area contributed by atoms with Gasteiger partial charge in [-0.2, -0.15) is 0 Å². The minimum atomic E-state index is -1.92. The monoisotopic (exact) mass is 416 g/mol. The summed E-state index contributed by atoms with van der Waals surface area (Å²) in [5.74, 6) is -0.958. The maximum atomic E-state index is 7.52. The number of nitrogens with one attached hydrogen (secondary N) is 2. The molecule has 0 saturated carbocycles. The summed E-state index contributed by atoms with van der Waals surface area (Å²) in [5, 5.41) is 14.9. The molecule has 0 heterocycles. The lowest BCUT2D eigenvalue weighted by molar-refractivity contribution is 0.178. The molecule has 0 aliphatic heterocycles. The largest absolute Gasteiger partial charge is 0.474 e. The molecule has 2 N–H and O–H groups in total. The summed E-state index contributed by atoms with van der Waals surface area (Å²) in [6.07, 6.45) is 2.67. The molecule has 0 aliphatic rings. The number of rotatable bonds is 5. The van der Waals surface area contributed by atoms with Crippen LogP contribution in [0, 0.1) is 16.7 Å². The number of halogens is 6. The minimum Gasteiger partial charge on any atom is -0.474 e. The summed E-state index contributed by atoms with van der Waals surface area (Å²) in [6, 6.07) is 0. The van der Waals surface area contributed by atoms with Crippen LogP contribution in [0.5, 0.6) is 0 Å². The molecule has 4 nitrogen and oxygen atoms in total. The van der Waals surface area contributed by atoms with Crippen LogP contribution in [0.15, 0.2) is 12.2 Å². The van der Waals surface area contributed by atoms with E-state index in [4.69, 9.17) is 89.9 Å². The summed E-state index contributed by atoms with van der Waals surface area (Å²) in [5.41, 5.74) is 0. The molecular formula is C11H14Cl6N2O2. The molecule has 0 aliphatic carbocycles. The van der Waals surface area contributed by atoms with Crippen LogP contribution in [-0.2, 0) is 9.47 Å². The highest BCUT2D eigenvalue weighted by atomic mass is 35.6. The molecule has 21 heavy (non-hydrogen) atoms. The molecule has 10 heteroatoms. The molecule has 0 radical (unpaired) electrons. The van der Waals surface area contributed by atoms with E-state index in [0.717, 1.165) is 0 Å². The van der Waals surface area contributed by atoms with Crippen molar-refractivity contribution in [2.45, 2.75) is 27.5 Å². The second-order valence-corrected chi connectivity index (χ2v) is 8.78. The van der Waals surface area contributed by atoms with Crippen molar-refractivity contribution in [2.24, 2.45) is 5.92 Å². The van der Waals surface area contributed by atoms with Crippen molar-refractivity contribution in [1.82, 2.24) is 0 Å². The van der Waals surface area contributed by atoms with Gasteiger partial charge < -0.3 is 9.47 Å². The maximum absolute atomic E-state index is 7.52. The number of ether oxygens (including phenoxy) is 2. The Morgan fingerprint density at radius 1 is 1.00 bits per heavy atom. The van der Waals surface area contributed by atoms with Crippen LogP contribution in [-0.4, -0.2) is 32.1 Å². The lowest BCUT2D eigenvalue weighted by Crippen LogP contribution is -2.29. The predicted octanol–water partition coefficient (Wildman–Crippen LogP) is 5.30. The third kappa shape index (κ3) is 9.22. The average molecular weight is 419 g/mol. The van der Waals surface area contributed by atoms with Crippen molar-refractivity contribution in [3.05, 3.63) is 12.2 Å². The van der Waals surface area contributed by atoms with E-state index >= 15 is 0 Å². The zero-order valence-electron chi connectivity index (χ0n) is 11.1. The Labute approximate surface area is 153 Å². The Morgan fingerprint density at radius 2 is 1.48 bits per heavy atom. The quantitative estimate of drug-likeness (QED) is 0.275. The topological polar surface area (TPSA) is 66.2 Å². The molecule has 0 amide bonds. The molecular weight excluding hydrogens is 405 g/mol. The molecule has 1 atom stereocenters. The fourth-order valence-corrected chi connectivity index (χ4v) is 1.30. The highest BCUT2D eigenvalue weighted by Crippen LogP contribution is 2.29. The van der Waals surface area contributed by atoms with Crippen molar-refractivity contribution >= 4 is 81.4 Å². The van der Waals surface area contributed by atoms with E-state index < -0.39 is 25.5 Å². The Hall–Kier alpha value is 0.420. The molecule has 122 valence electrons. The van der Waals surface area contributed by atoms with Gasteiger partial charge in [-0.15, -0.1) is 0 Å². The fraction of sp³-hybridized carbons (Fsp3) is 0.636. The summed E-state index contributed by atoms with van der Waals surface area (Å²) in [6.45, 7) is 3.73. The first kappa shape index (κ1) is 21.4. The SMILES string of the molecule is CC(C)C(/C=C/COC(=N)C(Cl)(Cl)Cl)OC(=N)C(Cl)(Cl)Cl. The first-order valence-corrected chi connectivity index (χ1v) is 7.90. The van der Waals surface area contributed by atoms with Gasteiger partial charge in [0.2, 0.25) is 11.8 Å². The Balaban J connectivity index is 4.50. The summed E-state index contributed by atoms with van der Waals surface area (Å²) < 4.78 is 6.36. The van der Waals surface area contributed by atoms with Crippen LogP contribution in [0.3, 0.4) is 0 Å². The highest BCUT2D eigenvalue weighted by molar-refractivity contribution is 6.76. The highest BCUT2D eigenvalue weighted by Gasteiger charge is 2.31. The smallest absolute Gasteiger partial charge is 0.265 e. The zero-order chi connectivity index (χ0) is 16.8. The van der Waals surface area contributed by atoms with Gasteiger partial charge in [-0.1, -0.05) is 83.5 Å². The van der Waals surface area contributed by atoms with Crippen LogP contribution in [0.2, 0.25) is 0 Å². The molecule has 1 unspecified atom stereocenters. The normalized spacial score (nSPS) is 14.3. The van der Waals surface area contributed by atoms with E-state index in [1.165, 1.54) is 0 Å². The fourth-order valence-electron chi connectivity index (χ4n) is 1.00. The molecule has 0 aromatic rings. The van der Waals surface area contributed by atoms with Gasteiger partial charge in [0, 0.05) is 0 Å². The first-order valence-electron chi connectivity index (χ1n) is 5.63. The molecule has 0 saturated heterocycles. The Kier molecular flexibility index (Phi) is 9.08. The van der Waals surface area contributed by atoms with E-state index in [-0.39, 0.29) is 12.5 Å². The molecule has 0 aromatic heterocycles. The van der Waals surface area contributed by atoms with E-state index in [1.54, 1.807) is 12.2 Å². The van der Waals surface area contributed by atoms with Gasteiger partial charge >= 0.3 is 0 Å². The van der Waals surface area contributed by atoms with Gasteiger partial charge in [-0.25, -0.2) is 0 Å². The maximum Gasteiger partial charge on any atom is 0.265 e. The van der Waals surface area contributed by atoms with Crippen LogP contribution < -0.4 is 0 Å². The third-order valence-electron chi connectivity index (χ3n) is 2.08. The second-order valence-electron chi connectivity index (χ2n) is 4.22. The van der Waals surface area contributed by atoms with Gasteiger partial charge in [0.25, 0.3) is 7.59 Å². The number of hydrogen-bond donors (Lipinski definition) is 2. The van der Waals surface area contributed by atoms with Crippen molar-refractivity contribution in [3.8, 4) is 0 Å². The van der Waals surface area contributed by atoms with Gasteiger partial charge in [-0.05, 0) is 18.1 Å². The second kappa shape index (κ2) is 8.90. The molecule has 0 aromatic carbocycles. The predicted molar refractivity (Wildman–Crippen MR) is 90.8 cm³/mol. The lowest BCUT2D eigenvalue weighted by Gasteiger charge is -2.22. The van der Waals surface area contributed by atoms with Crippen molar-refractivity contribution in [2.75, 3.05) is 6.61 Å². The Morgan fingerprint density at radius 3 is 1.86 bits per heavy atom. The first-order chi connectivity index (χ1) is 9.35. The summed E-state index contributed by atoms with van der Waals surface area (Å²) in [4.78, 5) is 0.